The van der Waals surface area contributed by atoms with Crippen molar-refractivity contribution in [3.63, 3.8) is 0 Å². The molecule has 3 nitrogen and oxygen atoms in total. The SMILES string of the molecule is C1=CO[C@@]2(CCCCO2)[C@@H](OCc2ccccc2)C1. The zero-order valence-corrected chi connectivity index (χ0v) is 11.1. The lowest BCUT2D eigenvalue weighted by Gasteiger charge is -2.43. The fourth-order valence-electron chi connectivity index (χ4n) is 2.70. The van der Waals surface area contributed by atoms with E-state index < -0.39 is 5.79 Å². The van der Waals surface area contributed by atoms with E-state index >= 15 is 0 Å². The van der Waals surface area contributed by atoms with E-state index in [9.17, 15) is 0 Å². The molecule has 1 spiro atoms. The Labute approximate surface area is 114 Å². The first-order valence-corrected chi connectivity index (χ1v) is 7.01. The number of ether oxygens (including phenoxy) is 3. The molecule has 0 bridgehead atoms. The van der Waals surface area contributed by atoms with E-state index in [4.69, 9.17) is 14.2 Å². The standard InChI is InChI=1S/C16H20O3/c1-2-7-14(8-3-1)13-17-15-9-6-12-19-16(15)10-4-5-11-18-16/h1-3,6-8,12,15H,4-5,9-11,13H2/t15-,16-/m0/s1. The van der Waals surface area contributed by atoms with Crippen LogP contribution in [0.2, 0.25) is 0 Å². The highest BCUT2D eigenvalue weighted by molar-refractivity contribution is 5.13. The highest BCUT2D eigenvalue weighted by atomic mass is 16.7. The van der Waals surface area contributed by atoms with Crippen molar-refractivity contribution in [3.05, 3.63) is 48.2 Å². The summed E-state index contributed by atoms with van der Waals surface area (Å²) in [6.45, 7) is 1.37. The smallest absolute Gasteiger partial charge is 0.236 e. The molecule has 0 radical (unpaired) electrons. The molecule has 1 saturated heterocycles. The van der Waals surface area contributed by atoms with Crippen LogP contribution < -0.4 is 0 Å². The van der Waals surface area contributed by atoms with Gasteiger partial charge in [-0.1, -0.05) is 30.3 Å². The summed E-state index contributed by atoms with van der Waals surface area (Å²) in [6.07, 6.45) is 7.77. The Hall–Kier alpha value is -1.32. The summed E-state index contributed by atoms with van der Waals surface area (Å²) in [5.74, 6) is -0.554. The fourth-order valence-corrected chi connectivity index (χ4v) is 2.70. The van der Waals surface area contributed by atoms with E-state index in [0.29, 0.717) is 6.61 Å². The third-order valence-electron chi connectivity index (χ3n) is 3.76. The Morgan fingerprint density at radius 3 is 2.89 bits per heavy atom. The van der Waals surface area contributed by atoms with Gasteiger partial charge in [0.15, 0.2) is 0 Å². The highest BCUT2D eigenvalue weighted by Gasteiger charge is 2.44. The Bertz CT molecular complexity index is 421. The fraction of sp³-hybridized carbons (Fsp3) is 0.500. The number of benzene rings is 1. The van der Waals surface area contributed by atoms with Crippen LogP contribution in [0.1, 0.15) is 31.2 Å². The second-order valence-corrected chi connectivity index (χ2v) is 5.13. The van der Waals surface area contributed by atoms with Gasteiger partial charge in [0.1, 0.15) is 6.10 Å². The van der Waals surface area contributed by atoms with E-state index in [1.807, 2.05) is 24.3 Å². The van der Waals surface area contributed by atoms with Crippen LogP contribution in [0.25, 0.3) is 0 Å². The maximum absolute atomic E-state index is 6.06. The monoisotopic (exact) mass is 260 g/mol. The number of rotatable bonds is 3. The number of hydrogen-bond acceptors (Lipinski definition) is 3. The van der Waals surface area contributed by atoms with Crippen molar-refractivity contribution >= 4 is 0 Å². The molecule has 0 N–H and O–H groups in total. The van der Waals surface area contributed by atoms with Crippen LogP contribution in [0.4, 0.5) is 0 Å². The normalized spacial score (nSPS) is 30.2. The topological polar surface area (TPSA) is 27.7 Å². The van der Waals surface area contributed by atoms with Gasteiger partial charge in [0, 0.05) is 12.8 Å². The van der Waals surface area contributed by atoms with E-state index in [0.717, 1.165) is 32.3 Å². The Kier molecular flexibility index (Phi) is 3.85. The van der Waals surface area contributed by atoms with E-state index in [2.05, 4.69) is 12.1 Å². The van der Waals surface area contributed by atoms with Crippen molar-refractivity contribution in [1.82, 2.24) is 0 Å². The zero-order chi connectivity index (χ0) is 13.0. The Morgan fingerprint density at radius 1 is 1.21 bits per heavy atom. The maximum atomic E-state index is 6.06. The summed E-state index contributed by atoms with van der Waals surface area (Å²) in [5.41, 5.74) is 1.18. The van der Waals surface area contributed by atoms with Crippen LogP contribution in [-0.2, 0) is 20.8 Å². The van der Waals surface area contributed by atoms with Crippen LogP contribution in [0.5, 0.6) is 0 Å². The molecular weight excluding hydrogens is 240 g/mol. The average molecular weight is 260 g/mol. The van der Waals surface area contributed by atoms with Crippen LogP contribution >= 0.6 is 0 Å². The maximum Gasteiger partial charge on any atom is 0.236 e. The average Bonchev–Trinajstić information content (AvgIpc) is 2.48. The molecule has 1 fully saturated rings. The minimum absolute atomic E-state index is 0.0157. The van der Waals surface area contributed by atoms with E-state index in [-0.39, 0.29) is 6.10 Å². The van der Waals surface area contributed by atoms with Crippen LogP contribution in [-0.4, -0.2) is 18.5 Å². The minimum atomic E-state index is -0.554. The first-order valence-electron chi connectivity index (χ1n) is 7.01. The van der Waals surface area contributed by atoms with Gasteiger partial charge in [0.25, 0.3) is 0 Å². The molecule has 3 heteroatoms. The van der Waals surface area contributed by atoms with Crippen molar-refractivity contribution in [1.29, 1.82) is 0 Å². The van der Waals surface area contributed by atoms with Crippen molar-refractivity contribution in [2.45, 2.75) is 44.2 Å². The van der Waals surface area contributed by atoms with Gasteiger partial charge in [-0.3, -0.25) is 0 Å². The van der Waals surface area contributed by atoms with Gasteiger partial charge in [-0.2, -0.15) is 0 Å². The van der Waals surface area contributed by atoms with Crippen molar-refractivity contribution in [2.24, 2.45) is 0 Å². The molecule has 0 unspecified atom stereocenters. The van der Waals surface area contributed by atoms with Crippen LogP contribution in [0.3, 0.4) is 0 Å². The summed E-state index contributed by atoms with van der Waals surface area (Å²) in [7, 11) is 0. The molecule has 2 heterocycles. The molecule has 0 aliphatic carbocycles. The molecule has 0 amide bonds. The molecule has 0 saturated carbocycles. The quantitative estimate of drug-likeness (QED) is 0.833. The number of hydrogen-bond donors (Lipinski definition) is 0. The van der Waals surface area contributed by atoms with Gasteiger partial charge in [-0.25, -0.2) is 0 Å². The first kappa shape index (κ1) is 12.7. The first-order chi connectivity index (χ1) is 9.39. The van der Waals surface area contributed by atoms with Crippen LogP contribution in [0, 0.1) is 0 Å². The molecule has 102 valence electrons. The van der Waals surface area contributed by atoms with Crippen LogP contribution in [0.15, 0.2) is 42.7 Å². The molecule has 2 aliphatic heterocycles. The Morgan fingerprint density at radius 2 is 2.11 bits per heavy atom. The Balaban J connectivity index is 1.66. The van der Waals surface area contributed by atoms with Gasteiger partial charge in [-0.05, 0) is 24.5 Å². The summed E-state index contributed by atoms with van der Waals surface area (Å²) in [4.78, 5) is 0. The lowest BCUT2D eigenvalue weighted by molar-refractivity contribution is -0.291. The van der Waals surface area contributed by atoms with Gasteiger partial charge < -0.3 is 14.2 Å². The third kappa shape index (κ3) is 2.82. The van der Waals surface area contributed by atoms with Crippen molar-refractivity contribution in [3.8, 4) is 0 Å². The second-order valence-electron chi connectivity index (χ2n) is 5.13. The second kappa shape index (κ2) is 5.76. The largest absolute Gasteiger partial charge is 0.467 e. The lowest BCUT2D eigenvalue weighted by atomic mass is 9.96. The molecule has 1 aromatic rings. The molecular formula is C16H20O3. The molecule has 2 aliphatic rings. The highest BCUT2D eigenvalue weighted by Crippen LogP contribution is 2.36. The van der Waals surface area contributed by atoms with Gasteiger partial charge in [0.2, 0.25) is 5.79 Å². The van der Waals surface area contributed by atoms with Gasteiger partial charge >= 0.3 is 0 Å². The summed E-state index contributed by atoms with van der Waals surface area (Å²) >= 11 is 0. The molecule has 3 rings (SSSR count). The molecule has 0 aromatic heterocycles. The van der Waals surface area contributed by atoms with Crippen molar-refractivity contribution in [2.75, 3.05) is 6.61 Å². The summed E-state index contributed by atoms with van der Waals surface area (Å²) in [5, 5.41) is 0. The molecule has 2 atom stereocenters. The molecule has 19 heavy (non-hydrogen) atoms. The van der Waals surface area contributed by atoms with Crippen molar-refractivity contribution < 1.29 is 14.2 Å². The lowest BCUT2D eigenvalue weighted by Crippen LogP contribution is -2.51. The van der Waals surface area contributed by atoms with E-state index in [1.54, 1.807) is 6.26 Å². The van der Waals surface area contributed by atoms with E-state index in [1.165, 1.54) is 5.56 Å². The zero-order valence-electron chi connectivity index (χ0n) is 11.1. The molecule has 1 aromatic carbocycles. The van der Waals surface area contributed by atoms with Gasteiger partial charge in [-0.15, -0.1) is 0 Å². The predicted molar refractivity (Wildman–Crippen MR) is 72.4 cm³/mol. The third-order valence-corrected chi connectivity index (χ3v) is 3.76. The summed E-state index contributed by atoms with van der Waals surface area (Å²) < 4.78 is 17.7. The van der Waals surface area contributed by atoms with Gasteiger partial charge in [0.05, 0.1) is 19.5 Å². The summed E-state index contributed by atoms with van der Waals surface area (Å²) in [6, 6.07) is 10.2. The predicted octanol–water partition coefficient (Wildman–Crippen LogP) is 3.40. The minimum Gasteiger partial charge on any atom is -0.467 e.